The first-order valence-electron chi connectivity index (χ1n) is 8.47. The van der Waals surface area contributed by atoms with Crippen LogP contribution in [0.5, 0.6) is 0 Å². The topological polar surface area (TPSA) is 20.3 Å². The van der Waals surface area contributed by atoms with E-state index in [2.05, 4.69) is 37.8 Å². The molecule has 0 radical (unpaired) electrons. The Bertz CT molecular complexity index is 443. The zero-order chi connectivity index (χ0) is 15.2. The van der Waals surface area contributed by atoms with Crippen LogP contribution in [0.1, 0.15) is 56.0 Å². The Morgan fingerprint density at radius 3 is 2.24 bits per heavy atom. The molecule has 1 aliphatic heterocycles. The highest BCUT2D eigenvalue weighted by atomic mass is 16.1. The molecule has 1 saturated heterocycles. The van der Waals surface area contributed by atoms with Gasteiger partial charge in [0.25, 0.3) is 0 Å². The van der Waals surface area contributed by atoms with Crippen LogP contribution in [-0.2, 0) is 6.42 Å². The Morgan fingerprint density at radius 1 is 1.10 bits per heavy atom. The maximum atomic E-state index is 12.8. The van der Waals surface area contributed by atoms with E-state index in [0.29, 0.717) is 11.7 Å². The average molecular weight is 287 g/mol. The van der Waals surface area contributed by atoms with E-state index in [1.165, 1.54) is 24.8 Å². The SMILES string of the molecule is CCc1ccc(C(=O)C(CN2CCCCC2)C(C)C)cc1. The van der Waals surface area contributed by atoms with Gasteiger partial charge in [-0.05, 0) is 43.8 Å². The molecular formula is C19H29NO. The van der Waals surface area contributed by atoms with E-state index in [0.717, 1.165) is 31.6 Å². The quantitative estimate of drug-likeness (QED) is 0.731. The van der Waals surface area contributed by atoms with Gasteiger partial charge in [-0.3, -0.25) is 4.79 Å². The number of likely N-dealkylation sites (tertiary alicyclic amines) is 1. The van der Waals surface area contributed by atoms with Crippen molar-refractivity contribution in [2.45, 2.75) is 46.5 Å². The number of aryl methyl sites for hydroxylation is 1. The fourth-order valence-corrected chi connectivity index (χ4v) is 3.14. The fourth-order valence-electron chi connectivity index (χ4n) is 3.14. The Morgan fingerprint density at radius 2 is 1.71 bits per heavy atom. The summed E-state index contributed by atoms with van der Waals surface area (Å²) < 4.78 is 0. The summed E-state index contributed by atoms with van der Waals surface area (Å²) in [6, 6.07) is 8.19. The third-order valence-corrected chi connectivity index (χ3v) is 4.69. The molecule has 1 unspecified atom stereocenters. The summed E-state index contributed by atoms with van der Waals surface area (Å²) in [6.07, 6.45) is 4.93. The smallest absolute Gasteiger partial charge is 0.167 e. The molecule has 21 heavy (non-hydrogen) atoms. The third-order valence-electron chi connectivity index (χ3n) is 4.69. The molecule has 0 aromatic heterocycles. The number of rotatable bonds is 6. The van der Waals surface area contributed by atoms with Crippen molar-refractivity contribution in [2.24, 2.45) is 11.8 Å². The summed E-state index contributed by atoms with van der Waals surface area (Å²) in [5.41, 5.74) is 2.17. The van der Waals surface area contributed by atoms with E-state index in [1.807, 2.05) is 12.1 Å². The molecule has 1 aliphatic rings. The van der Waals surface area contributed by atoms with Crippen LogP contribution >= 0.6 is 0 Å². The maximum Gasteiger partial charge on any atom is 0.167 e. The Labute approximate surface area is 129 Å². The molecule has 0 N–H and O–H groups in total. The van der Waals surface area contributed by atoms with E-state index >= 15 is 0 Å². The van der Waals surface area contributed by atoms with Gasteiger partial charge in [-0.25, -0.2) is 0 Å². The van der Waals surface area contributed by atoms with Crippen LogP contribution < -0.4 is 0 Å². The molecule has 0 aliphatic carbocycles. The van der Waals surface area contributed by atoms with Crippen molar-refractivity contribution in [1.82, 2.24) is 4.90 Å². The van der Waals surface area contributed by atoms with Crippen LogP contribution in [0, 0.1) is 11.8 Å². The lowest BCUT2D eigenvalue weighted by molar-refractivity contribution is 0.0817. The molecule has 0 bridgehead atoms. The predicted molar refractivity (Wildman–Crippen MR) is 88.8 cm³/mol. The van der Waals surface area contributed by atoms with Gasteiger partial charge in [0.05, 0.1) is 0 Å². The van der Waals surface area contributed by atoms with Gasteiger partial charge in [-0.15, -0.1) is 0 Å². The molecule has 1 fully saturated rings. The van der Waals surface area contributed by atoms with E-state index in [4.69, 9.17) is 0 Å². The van der Waals surface area contributed by atoms with Gasteiger partial charge >= 0.3 is 0 Å². The van der Waals surface area contributed by atoms with Crippen LogP contribution in [0.2, 0.25) is 0 Å². The van der Waals surface area contributed by atoms with Gasteiger partial charge in [-0.2, -0.15) is 0 Å². The molecule has 1 heterocycles. The van der Waals surface area contributed by atoms with E-state index in [1.54, 1.807) is 0 Å². The fraction of sp³-hybridized carbons (Fsp3) is 0.632. The monoisotopic (exact) mass is 287 g/mol. The van der Waals surface area contributed by atoms with Gasteiger partial charge in [-0.1, -0.05) is 51.5 Å². The number of piperidine rings is 1. The van der Waals surface area contributed by atoms with Crippen molar-refractivity contribution < 1.29 is 4.79 Å². The third kappa shape index (κ3) is 4.41. The predicted octanol–water partition coefficient (Wildman–Crippen LogP) is 4.19. The zero-order valence-corrected chi connectivity index (χ0v) is 13.8. The normalized spacial score (nSPS) is 17.9. The largest absolute Gasteiger partial charge is 0.303 e. The maximum absolute atomic E-state index is 12.8. The number of benzene rings is 1. The summed E-state index contributed by atoms with van der Waals surface area (Å²) in [4.78, 5) is 15.3. The van der Waals surface area contributed by atoms with Crippen molar-refractivity contribution in [3.8, 4) is 0 Å². The lowest BCUT2D eigenvalue weighted by Gasteiger charge is -2.31. The second-order valence-corrected chi connectivity index (χ2v) is 6.63. The van der Waals surface area contributed by atoms with Crippen LogP contribution in [0.3, 0.4) is 0 Å². The number of nitrogens with zero attached hydrogens (tertiary/aromatic N) is 1. The van der Waals surface area contributed by atoms with Gasteiger partial charge < -0.3 is 4.90 Å². The van der Waals surface area contributed by atoms with Crippen LogP contribution in [0.25, 0.3) is 0 Å². The minimum Gasteiger partial charge on any atom is -0.303 e. The van der Waals surface area contributed by atoms with E-state index in [9.17, 15) is 4.79 Å². The lowest BCUT2D eigenvalue weighted by Crippen LogP contribution is -2.38. The lowest BCUT2D eigenvalue weighted by atomic mass is 9.86. The Hall–Kier alpha value is -1.15. The summed E-state index contributed by atoms with van der Waals surface area (Å²) in [5.74, 6) is 0.832. The number of ketones is 1. The standard InChI is InChI=1S/C19H29NO/c1-4-16-8-10-17(11-9-16)19(21)18(15(2)3)14-20-12-6-5-7-13-20/h8-11,15,18H,4-7,12-14H2,1-3H3. The second kappa shape index (κ2) is 7.74. The average Bonchev–Trinajstić information content (AvgIpc) is 2.53. The molecule has 0 spiro atoms. The van der Waals surface area contributed by atoms with Gasteiger partial charge in [0.2, 0.25) is 0 Å². The zero-order valence-electron chi connectivity index (χ0n) is 13.8. The molecule has 116 valence electrons. The minimum atomic E-state index is 0.121. The molecular weight excluding hydrogens is 258 g/mol. The van der Waals surface area contributed by atoms with Crippen LogP contribution in [-0.4, -0.2) is 30.3 Å². The number of hydrogen-bond acceptors (Lipinski definition) is 2. The number of carbonyl (C=O) groups is 1. The molecule has 0 amide bonds. The first-order chi connectivity index (χ1) is 10.1. The molecule has 1 atom stereocenters. The van der Waals surface area contributed by atoms with Crippen LogP contribution in [0.15, 0.2) is 24.3 Å². The molecule has 2 nitrogen and oxygen atoms in total. The minimum absolute atomic E-state index is 0.121. The Kier molecular flexibility index (Phi) is 5.98. The van der Waals surface area contributed by atoms with E-state index in [-0.39, 0.29) is 5.92 Å². The van der Waals surface area contributed by atoms with Crippen molar-refractivity contribution in [1.29, 1.82) is 0 Å². The number of hydrogen-bond donors (Lipinski definition) is 0. The van der Waals surface area contributed by atoms with E-state index < -0.39 is 0 Å². The number of carbonyl (C=O) groups excluding carboxylic acids is 1. The van der Waals surface area contributed by atoms with Crippen LogP contribution in [0.4, 0.5) is 0 Å². The summed E-state index contributed by atoms with van der Waals surface area (Å²) in [6.45, 7) is 9.73. The summed E-state index contributed by atoms with van der Waals surface area (Å²) >= 11 is 0. The molecule has 2 heteroatoms. The number of Topliss-reactive ketones (excluding diaryl/α,β-unsaturated/α-hetero) is 1. The molecule has 2 rings (SSSR count). The molecule has 1 aromatic rings. The van der Waals surface area contributed by atoms with Gasteiger partial charge in [0.1, 0.15) is 0 Å². The summed E-state index contributed by atoms with van der Waals surface area (Å²) in [7, 11) is 0. The first kappa shape index (κ1) is 16.2. The highest BCUT2D eigenvalue weighted by Gasteiger charge is 2.26. The van der Waals surface area contributed by atoms with Crippen molar-refractivity contribution in [2.75, 3.05) is 19.6 Å². The van der Waals surface area contributed by atoms with Gasteiger partial charge in [0.15, 0.2) is 5.78 Å². The summed E-state index contributed by atoms with van der Waals surface area (Å²) in [5, 5.41) is 0. The van der Waals surface area contributed by atoms with Crippen molar-refractivity contribution in [3.63, 3.8) is 0 Å². The molecule has 1 aromatic carbocycles. The van der Waals surface area contributed by atoms with Crippen molar-refractivity contribution in [3.05, 3.63) is 35.4 Å². The molecule has 0 saturated carbocycles. The van der Waals surface area contributed by atoms with Crippen molar-refractivity contribution >= 4 is 5.78 Å². The first-order valence-corrected chi connectivity index (χ1v) is 8.47. The second-order valence-electron chi connectivity index (χ2n) is 6.63. The Balaban J connectivity index is 2.06. The van der Waals surface area contributed by atoms with Gasteiger partial charge in [0, 0.05) is 18.0 Å². The highest BCUT2D eigenvalue weighted by molar-refractivity contribution is 5.98. The highest BCUT2D eigenvalue weighted by Crippen LogP contribution is 2.21.